The molecule has 32 heavy (non-hydrogen) atoms. The lowest BCUT2D eigenvalue weighted by molar-refractivity contribution is 0.334. The number of pyridine rings is 1. The molecule has 0 atom stereocenters. The molecule has 1 aliphatic carbocycles. The second-order valence-corrected chi connectivity index (χ2v) is 8.32. The smallest absolute Gasteiger partial charge is 0.183 e. The van der Waals surface area contributed by atoms with Crippen molar-refractivity contribution in [2.75, 3.05) is 20.2 Å². The molecule has 162 valence electrons. The molecule has 4 N–H and O–H groups in total. The van der Waals surface area contributed by atoms with Gasteiger partial charge in [-0.15, -0.1) is 0 Å². The van der Waals surface area contributed by atoms with Crippen LogP contribution in [-0.2, 0) is 5.41 Å². The first-order valence-corrected chi connectivity index (χ1v) is 10.6. The number of nitrogens with two attached hydrogens (primary N) is 1. The van der Waals surface area contributed by atoms with Gasteiger partial charge in [-0.2, -0.15) is 10.4 Å². The van der Waals surface area contributed by atoms with Gasteiger partial charge in [0.25, 0.3) is 0 Å². The molecule has 1 aromatic carbocycles. The number of nitriles is 1. The molecule has 1 aliphatic heterocycles. The summed E-state index contributed by atoms with van der Waals surface area (Å²) < 4.78 is 5.39. The summed E-state index contributed by atoms with van der Waals surface area (Å²) in [6.07, 6.45) is 5.12. The molecule has 2 fully saturated rings. The second kappa shape index (κ2) is 8.05. The minimum Gasteiger partial charge on any atom is -0.494 e. The largest absolute Gasteiger partial charge is 0.494 e. The zero-order valence-corrected chi connectivity index (χ0v) is 17.7. The van der Waals surface area contributed by atoms with Crippen LogP contribution in [0, 0.1) is 11.3 Å². The summed E-state index contributed by atoms with van der Waals surface area (Å²) in [5.41, 5.74) is 8.48. The Morgan fingerprint density at radius 1 is 1.25 bits per heavy atom. The molecule has 0 amide bonds. The molecule has 0 radical (unpaired) electrons. The molecular weight excluding hydrogens is 404 g/mol. The van der Waals surface area contributed by atoms with Gasteiger partial charge in [0.1, 0.15) is 22.7 Å². The van der Waals surface area contributed by atoms with Crippen LogP contribution in [-0.4, -0.2) is 46.7 Å². The number of hydrogen-bond acceptors (Lipinski definition) is 7. The molecule has 3 aromatic rings. The Balaban J connectivity index is 1.28. The van der Waals surface area contributed by atoms with Gasteiger partial charge in [-0.3, -0.25) is 10.1 Å². The van der Waals surface area contributed by atoms with Crippen LogP contribution in [0.25, 0.3) is 11.4 Å². The van der Waals surface area contributed by atoms with Crippen molar-refractivity contribution in [3.63, 3.8) is 0 Å². The number of aromatic nitrogens is 4. The Bertz CT molecular complexity index is 1180. The van der Waals surface area contributed by atoms with Gasteiger partial charge in [0.15, 0.2) is 5.82 Å². The normalized spacial score (nSPS) is 21.5. The van der Waals surface area contributed by atoms with E-state index in [4.69, 9.17) is 15.5 Å². The predicted molar refractivity (Wildman–Crippen MR) is 120 cm³/mol. The van der Waals surface area contributed by atoms with E-state index in [-0.39, 0.29) is 0 Å². The SMILES string of the molecule is COc1cccc(-c2n[nH]c(C3CC(c4ccc(C5(C#N)CNC5)nc4)C3)n2)c1N=CN. The highest BCUT2D eigenvalue weighted by atomic mass is 16.5. The summed E-state index contributed by atoms with van der Waals surface area (Å²) in [5, 5.41) is 20.2. The number of ether oxygens (including phenoxy) is 1. The zero-order valence-electron chi connectivity index (χ0n) is 17.7. The maximum absolute atomic E-state index is 9.48. The van der Waals surface area contributed by atoms with Crippen LogP contribution in [0.15, 0.2) is 41.5 Å². The lowest BCUT2D eigenvalue weighted by atomic mass is 9.71. The van der Waals surface area contributed by atoms with E-state index in [1.165, 1.54) is 11.9 Å². The summed E-state index contributed by atoms with van der Waals surface area (Å²) in [6, 6.07) is 12.1. The molecule has 1 saturated heterocycles. The minimum absolute atomic E-state index is 0.314. The van der Waals surface area contributed by atoms with Crippen molar-refractivity contribution in [2.45, 2.75) is 30.1 Å². The van der Waals surface area contributed by atoms with Crippen molar-refractivity contribution in [3.05, 3.63) is 53.6 Å². The summed E-state index contributed by atoms with van der Waals surface area (Å²) in [4.78, 5) is 13.6. The van der Waals surface area contributed by atoms with Gasteiger partial charge in [0.05, 0.1) is 30.8 Å². The van der Waals surface area contributed by atoms with Crippen LogP contribution >= 0.6 is 0 Å². The number of H-pyrrole nitrogens is 1. The van der Waals surface area contributed by atoms with Gasteiger partial charge in [0, 0.05) is 25.2 Å². The molecule has 9 nitrogen and oxygen atoms in total. The molecule has 5 rings (SSSR count). The number of para-hydroxylation sites is 1. The number of benzene rings is 1. The average molecular weight is 429 g/mol. The summed E-state index contributed by atoms with van der Waals surface area (Å²) in [7, 11) is 1.59. The standard InChI is InChI=1S/C23H24N8O/c1-32-18-4-2-3-17(20(18)28-13-25)22-29-21(30-31-22)16-7-15(8-16)14-5-6-19(27-9-14)23(10-24)11-26-12-23/h2-6,9,13,15-16,26H,7-8,11-12H2,1H3,(H2,25,28)(H,29,30,31). The van der Waals surface area contributed by atoms with Gasteiger partial charge in [-0.05, 0) is 42.5 Å². The molecule has 0 spiro atoms. The van der Waals surface area contributed by atoms with Crippen molar-refractivity contribution in [1.29, 1.82) is 5.26 Å². The minimum atomic E-state index is -0.468. The first-order chi connectivity index (χ1) is 15.7. The van der Waals surface area contributed by atoms with E-state index in [1.54, 1.807) is 7.11 Å². The van der Waals surface area contributed by atoms with Crippen LogP contribution in [0.3, 0.4) is 0 Å². The molecular formula is C23H24N8O. The highest BCUT2D eigenvalue weighted by molar-refractivity contribution is 5.79. The predicted octanol–water partition coefficient (Wildman–Crippen LogP) is 2.52. The average Bonchev–Trinajstić information content (AvgIpc) is 3.23. The summed E-state index contributed by atoms with van der Waals surface area (Å²) in [6.45, 7) is 1.33. The van der Waals surface area contributed by atoms with E-state index < -0.39 is 5.41 Å². The van der Waals surface area contributed by atoms with Crippen LogP contribution in [0.1, 0.15) is 41.8 Å². The molecule has 3 heterocycles. The van der Waals surface area contributed by atoms with Crippen LogP contribution in [0.4, 0.5) is 5.69 Å². The number of nitrogens with zero attached hydrogens (tertiary/aromatic N) is 5. The van der Waals surface area contributed by atoms with E-state index in [9.17, 15) is 5.26 Å². The summed E-state index contributed by atoms with van der Waals surface area (Å²) >= 11 is 0. The fourth-order valence-electron chi connectivity index (χ4n) is 4.39. The number of nitrogens with one attached hydrogen (secondary N) is 2. The van der Waals surface area contributed by atoms with E-state index in [0.717, 1.165) is 29.9 Å². The number of rotatable bonds is 6. The third kappa shape index (κ3) is 3.29. The van der Waals surface area contributed by atoms with Gasteiger partial charge >= 0.3 is 0 Å². The third-order valence-corrected chi connectivity index (χ3v) is 6.51. The van der Waals surface area contributed by atoms with Gasteiger partial charge in [0.2, 0.25) is 0 Å². The number of hydrogen-bond donors (Lipinski definition) is 3. The molecule has 0 unspecified atom stereocenters. The van der Waals surface area contributed by atoms with Crippen molar-refractivity contribution in [2.24, 2.45) is 10.7 Å². The van der Waals surface area contributed by atoms with E-state index >= 15 is 0 Å². The van der Waals surface area contributed by atoms with Crippen LogP contribution < -0.4 is 15.8 Å². The molecule has 0 bridgehead atoms. The van der Waals surface area contributed by atoms with Gasteiger partial charge in [-0.1, -0.05) is 12.1 Å². The van der Waals surface area contributed by atoms with E-state index in [1.807, 2.05) is 30.5 Å². The van der Waals surface area contributed by atoms with Crippen LogP contribution in [0.2, 0.25) is 0 Å². The Hall–Kier alpha value is -3.77. The van der Waals surface area contributed by atoms with E-state index in [2.05, 4.69) is 37.6 Å². The molecule has 9 heteroatoms. The quantitative estimate of drug-likeness (QED) is 0.405. The molecule has 2 aliphatic rings. The highest BCUT2D eigenvalue weighted by Crippen LogP contribution is 2.47. The maximum Gasteiger partial charge on any atom is 0.183 e. The molecule has 1 saturated carbocycles. The molecule has 2 aromatic heterocycles. The number of aliphatic imine (C=N–C) groups is 1. The van der Waals surface area contributed by atoms with Crippen LogP contribution in [0.5, 0.6) is 5.75 Å². The van der Waals surface area contributed by atoms with Crippen molar-refractivity contribution in [3.8, 4) is 23.2 Å². The van der Waals surface area contributed by atoms with Crippen molar-refractivity contribution < 1.29 is 4.74 Å². The lowest BCUT2D eigenvalue weighted by Gasteiger charge is -2.37. The van der Waals surface area contributed by atoms with Crippen molar-refractivity contribution >= 4 is 12.0 Å². The second-order valence-electron chi connectivity index (χ2n) is 8.32. The first kappa shape index (κ1) is 20.2. The monoisotopic (exact) mass is 428 g/mol. The highest BCUT2D eigenvalue weighted by Gasteiger charge is 2.41. The fraction of sp³-hybridized carbons (Fsp3) is 0.348. The maximum atomic E-state index is 9.48. The number of methoxy groups -OCH3 is 1. The Morgan fingerprint density at radius 3 is 2.72 bits per heavy atom. The third-order valence-electron chi connectivity index (χ3n) is 6.51. The van der Waals surface area contributed by atoms with Gasteiger partial charge < -0.3 is 15.8 Å². The Morgan fingerprint density at radius 2 is 2.09 bits per heavy atom. The first-order valence-electron chi connectivity index (χ1n) is 10.6. The Kier molecular flexibility index (Phi) is 5.07. The van der Waals surface area contributed by atoms with Crippen molar-refractivity contribution in [1.82, 2.24) is 25.5 Å². The zero-order chi connectivity index (χ0) is 22.1. The van der Waals surface area contributed by atoms with Gasteiger partial charge in [-0.25, -0.2) is 9.98 Å². The summed E-state index contributed by atoms with van der Waals surface area (Å²) in [5.74, 6) is 2.81. The lowest BCUT2D eigenvalue weighted by Crippen LogP contribution is -2.56. The van der Waals surface area contributed by atoms with E-state index in [0.29, 0.717) is 42.2 Å². The Labute approximate surface area is 185 Å². The number of aromatic amines is 1. The topological polar surface area (TPSA) is 138 Å². The fourth-order valence-corrected chi connectivity index (χ4v) is 4.39.